The molecule has 1 atom stereocenters. The van der Waals surface area contributed by atoms with Gasteiger partial charge in [0.15, 0.2) is 0 Å². The maximum Gasteiger partial charge on any atom is 0.261 e. The van der Waals surface area contributed by atoms with Crippen LogP contribution in [-0.2, 0) is 6.54 Å². The highest BCUT2D eigenvalue weighted by Gasteiger charge is 2.17. The lowest BCUT2D eigenvalue weighted by molar-refractivity contribution is 0.204. The second kappa shape index (κ2) is 5.75. The first kappa shape index (κ1) is 14.7. The summed E-state index contributed by atoms with van der Waals surface area (Å²) < 4.78 is 1.72. The molecular weight excluding hydrogens is 250 g/mol. The molecule has 0 aliphatic carbocycles. The number of rotatable bonds is 4. The van der Waals surface area contributed by atoms with Gasteiger partial charge in [-0.2, -0.15) is 0 Å². The minimum atomic E-state index is 0.0440. The van der Waals surface area contributed by atoms with Gasteiger partial charge < -0.3 is 4.90 Å². The molecule has 0 saturated heterocycles. The van der Waals surface area contributed by atoms with Crippen molar-refractivity contribution in [2.24, 2.45) is 5.92 Å². The van der Waals surface area contributed by atoms with E-state index < -0.39 is 0 Å². The zero-order chi connectivity index (χ0) is 14.9. The monoisotopic (exact) mass is 273 g/mol. The van der Waals surface area contributed by atoms with E-state index >= 15 is 0 Å². The van der Waals surface area contributed by atoms with Crippen LogP contribution in [0.2, 0.25) is 0 Å². The number of hydrogen-bond acceptors (Lipinski definition) is 3. The van der Waals surface area contributed by atoms with Crippen molar-refractivity contribution in [1.29, 1.82) is 0 Å². The highest BCUT2D eigenvalue weighted by atomic mass is 16.1. The molecule has 20 heavy (non-hydrogen) atoms. The van der Waals surface area contributed by atoms with Crippen LogP contribution < -0.4 is 5.56 Å². The quantitative estimate of drug-likeness (QED) is 0.858. The fraction of sp³-hybridized carbons (Fsp3) is 0.500. The Morgan fingerprint density at radius 1 is 1.30 bits per heavy atom. The number of nitrogens with zero attached hydrogens (tertiary/aromatic N) is 3. The Bertz CT molecular complexity index is 650. The zero-order valence-electron chi connectivity index (χ0n) is 12.9. The van der Waals surface area contributed by atoms with Gasteiger partial charge in [0.2, 0.25) is 0 Å². The lowest BCUT2D eigenvalue weighted by Crippen LogP contribution is -2.39. The molecule has 4 heteroatoms. The molecule has 4 nitrogen and oxygen atoms in total. The fourth-order valence-electron chi connectivity index (χ4n) is 2.57. The van der Waals surface area contributed by atoms with E-state index in [0.717, 1.165) is 11.1 Å². The summed E-state index contributed by atoms with van der Waals surface area (Å²) in [6.45, 7) is 7.02. The van der Waals surface area contributed by atoms with Gasteiger partial charge in [-0.05, 0) is 44.6 Å². The summed E-state index contributed by atoms with van der Waals surface area (Å²) in [4.78, 5) is 19.1. The third-order valence-corrected chi connectivity index (χ3v) is 3.80. The summed E-state index contributed by atoms with van der Waals surface area (Å²) in [7, 11) is 4.10. The lowest BCUT2D eigenvalue weighted by atomic mass is 10.0. The van der Waals surface area contributed by atoms with Crippen molar-refractivity contribution >= 4 is 10.9 Å². The molecule has 0 fully saturated rings. The highest BCUT2D eigenvalue weighted by Crippen LogP contribution is 2.12. The molecule has 0 saturated carbocycles. The van der Waals surface area contributed by atoms with Crippen molar-refractivity contribution in [3.8, 4) is 0 Å². The van der Waals surface area contributed by atoms with Crippen LogP contribution in [0.4, 0.5) is 0 Å². The summed E-state index contributed by atoms with van der Waals surface area (Å²) in [5.74, 6) is 0.477. The first-order valence-corrected chi connectivity index (χ1v) is 7.02. The van der Waals surface area contributed by atoms with Gasteiger partial charge in [-0.3, -0.25) is 9.36 Å². The van der Waals surface area contributed by atoms with E-state index in [1.165, 1.54) is 0 Å². The van der Waals surface area contributed by atoms with Crippen molar-refractivity contribution in [3.63, 3.8) is 0 Å². The van der Waals surface area contributed by atoms with Gasteiger partial charge in [-0.25, -0.2) is 4.98 Å². The molecule has 0 radical (unpaired) electrons. The lowest BCUT2D eigenvalue weighted by Gasteiger charge is -2.28. The molecule has 1 aromatic heterocycles. The molecule has 1 aromatic carbocycles. The van der Waals surface area contributed by atoms with Gasteiger partial charge in [0.25, 0.3) is 5.56 Å². The number of fused-ring (bicyclic) bond motifs is 1. The number of likely N-dealkylation sites (N-methyl/N-ethyl adjacent to an activating group) is 1. The number of aromatic nitrogens is 2. The maximum atomic E-state index is 12.5. The van der Waals surface area contributed by atoms with Crippen LogP contribution >= 0.6 is 0 Å². The molecule has 108 valence electrons. The van der Waals surface area contributed by atoms with Crippen molar-refractivity contribution < 1.29 is 0 Å². The van der Waals surface area contributed by atoms with Crippen molar-refractivity contribution in [1.82, 2.24) is 14.5 Å². The third-order valence-electron chi connectivity index (χ3n) is 3.80. The summed E-state index contributed by atoms with van der Waals surface area (Å²) in [6, 6.07) is 6.10. The van der Waals surface area contributed by atoms with Crippen LogP contribution in [0.3, 0.4) is 0 Å². The Kier molecular flexibility index (Phi) is 4.23. The number of benzene rings is 1. The molecule has 2 aromatic rings. The second-order valence-electron chi connectivity index (χ2n) is 6.00. The number of aryl methyl sites for hydroxylation is 1. The SMILES string of the molecule is Cc1ccc2c(=O)n(C[C@H](C(C)C)N(C)C)cnc2c1. The van der Waals surface area contributed by atoms with Crippen LogP contribution in [0.15, 0.2) is 29.3 Å². The topological polar surface area (TPSA) is 38.1 Å². The third kappa shape index (κ3) is 2.90. The Labute approximate surface area is 120 Å². The summed E-state index contributed by atoms with van der Waals surface area (Å²) >= 11 is 0. The molecule has 0 aliphatic heterocycles. The van der Waals surface area contributed by atoms with Gasteiger partial charge in [0.1, 0.15) is 0 Å². The molecule has 2 rings (SSSR count). The van der Waals surface area contributed by atoms with Gasteiger partial charge >= 0.3 is 0 Å². The first-order chi connectivity index (χ1) is 9.40. The smallest absolute Gasteiger partial charge is 0.261 e. The summed E-state index contributed by atoms with van der Waals surface area (Å²) in [6.07, 6.45) is 1.67. The Morgan fingerprint density at radius 2 is 2.00 bits per heavy atom. The summed E-state index contributed by atoms with van der Waals surface area (Å²) in [5, 5.41) is 0.694. The number of hydrogen-bond donors (Lipinski definition) is 0. The van der Waals surface area contributed by atoms with Gasteiger partial charge in [-0.15, -0.1) is 0 Å². The highest BCUT2D eigenvalue weighted by molar-refractivity contribution is 5.77. The maximum absolute atomic E-state index is 12.5. The van der Waals surface area contributed by atoms with Gasteiger partial charge in [0, 0.05) is 12.6 Å². The zero-order valence-corrected chi connectivity index (χ0v) is 12.9. The predicted molar refractivity (Wildman–Crippen MR) is 83.1 cm³/mol. The minimum absolute atomic E-state index is 0.0440. The normalized spacial score (nSPS) is 13.3. The molecule has 0 aliphatic rings. The van der Waals surface area contributed by atoms with E-state index in [0.29, 0.717) is 23.9 Å². The van der Waals surface area contributed by atoms with Gasteiger partial charge in [0.05, 0.1) is 17.2 Å². The van der Waals surface area contributed by atoms with Gasteiger partial charge in [-0.1, -0.05) is 19.9 Å². The molecule has 0 unspecified atom stereocenters. The molecule has 0 spiro atoms. The van der Waals surface area contributed by atoms with Crippen molar-refractivity contribution in [2.75, 3.05) is 14.1 Å². The second-order valence-corrected chi connectivity index (χ2v) is 6.00. The molecule has 0 amide bonds. The standard InChI is InChI=1S/C16H23N3O/c1-11(2)15(18(4)5)9-19-10-17-14-8-12(3)6-7-13(14)16(19)20/h6-8,10-11,15H,9H2,1-5H3/t15-/m1/s1. The van der Waals surface area contributed by atoms with Crippen LogP contribution in [0.25, 0.3) is 10.9 Å². The van der Waals surface area contributed by atoms with E-state index in [4.69, 9.17) is 0 Å². The minimum Gasteiger partial charge on any atom is -0.304 e. The Hall–Kier alpha value is -1.68. The molecule has 0 bridgehead atoms. The largest absolute Gasteiger partial charge is 0.304 e. The average Bonchev–Trinajstić information content (AvgIpc) is 2.36. The van der Waals surface area contributed by atoms with Crippen molar-refractivity contribution in [3.05, 3.63) is 40.4 Å². The first-order valence-electron chi connectivity index (χ1n) is 7.02. The van der Waals surface area contributed by atoms with E-state index in [9.17, 15) is 4.79 Å². The van der Waals surface area contributed by atoms with E-state index in [1.54, 1.807) is 10.9 Å². The van der Waals surface area contributed by atoms with Crippen LogP contribution in [0.1, 0.15) is 19.4 Å². The molecule has 1 heterocycles. The van der Waals surface area contributed by atoms with Crippen LogP contribution in [-0.4, -0.2) is 34.6 Å². The van der Waals surface area contributed by atoms with E-state index in [1.807, 2.05) is 39.2 Å². The Balaban J connectivity index is 2.43. The summed E-state index contributed by atoms with van der Waals surface area (Å²) in [5.41, 5.74) is 1.94. The van der Waals surface area contributed by atoms with Crippen LogP contribution in [0.5, 0.6) is 0 Å². The Morgan fingerprint density at radius 3 is 2.60 bits per heavy atom. The fourth-order valence-corrected chi connectivity index (χ4v) is 2.57. The molecule has 0 N–H and O–H groups in total. The van der Waals surface area contributed by atoms with E-state index in [-0.39, 0.29) is 5.56 Å². The average molecular weight is 273 g/mol. The van der Waals surface area contributed by atoms with E-state index in [2.05, 4.69) is 23.7 Å². The van der Waals surface area contributed by atoms with Crippen molar-refractivity contribution in [2.45, 2.75) is 33.4 Å². The van der Waals surface area contributed by atoms with Crippen LogP contribution in [0, 0.1) is 12.8 Å². The molecular formula is C16H23N3O. The predicted octanol–water partition coefficient (Wildman–Crippen LogP) is 2.29.